The Hall–Kier alpha value is -2.48. The second-order valence-corrected chi connectivity index (χ2v) is 6.45. The molecular weight excluding hydrogens is 292 g/mol. The molecule has 0 saturated carbocycles. The quantitative estimate of drug-likeness (QED) is 0.607. The lowest BCUT2D eigenvalue weighted by Crippen LogP contribution is -2.33. The van der Waals surface area contributed by atoms with Crippen LogP contribution in [0.25, 0.3) is 10.9 Å². The molecule has 2 aromatic carbocycles. The lowest BCUT2D eigenvalue weighted by molar-refractivity contribution is 0.252. The topological polar surface area (TPSA) is 19.0 Å². The van der Waals surface area contributed by atoms with Crippen LogP contribution >= 0.6 is 0 Å². The molecule has 0 aliphatic carbocycles. The van der Waals surface area contributed by atoms with Gasteiger partial charge in [-0.3, -0.25) is 0 Å². The van der Waals surface area contributed by atoms with Gasteiger partial charge >= 0.3 is 0 Å². The number of benzene rings is 2. The SMILES string of the molecule is C=C(CC)N(Cc1ccccc1)[C@H](C)Cc1c[nH]c2ccccc12. The summed E-state index contributed by atoms with van der Waals surface area (Å²) in [4.78, 5) is 5.83. The standard InChI is InChI=1S/C22H26N2/c1-4-17(2)24(16-19-10-6-5-7-11-19)18(3)14-20-15-23-22-13-9-8-12-21(20)22/h5-13,15,18,23H,2,4,14,16H2,1,3H3/t18-/m1/s1. The van der Waals surface area contributed by atoms with Gasteiger partial charge in [0.15, 0.2) is 0 Å². The third-order valence-corrected chi connectivity index (χ3v) is 4.73. The van der Waals surface area contributed by atoms with Crippen molar-refractivity contribution in [3.05, 3.63) is 84.2 Å². The van der Waals surface area contributed by atoms with Gasteiger partial charge < -0.3 is 9.88 Å². The summed E-state index contributed by atoms with van der Waals surface area (Å²) in [6.07, 6.45) is 4.14. The van der Waals surface area contributed by atoms with E-state index >= 15 is 0 Å². The van der Waals surface area contributed by atoms with Crippen LogP contribution in [0.5, 0.6) is 0 Å². The van der Waals surface area contributed by atoms with Gasteiger partial charge in [0, 0.05) is 35.4 Å². The van der Waals surface area contributed by atoms with Crippen LogP contribution in [0.15, 0.2) is 73.1 Å². The van der Waals surface area contributed by atoms with E-state index < -0.39 is 0 Å². The summed E-state index contributed by atoms with van der Waals surface area (Å²) in [5.74, 6) is 0. The zero-order valence-electron chi connectivity index (χ0n) is 14.6. The average molecular weight is 318 g/mol. The van der Waals surface area contributed by atoms with Crippen molar-refractivity contribution < 1.29 is 0 Å². The average Bonchev–Trinajstić information content (AvgIpc) is 3.03. The second kappa shape index (κ2) is 7.39. The highest BCUT2D eigenvalue weighted by atomic mass is 15.2. The monoisotopic (exact) mass is 318 g/mol. The normalized spacial score (nSPS) is 12.2. The summed E-state index contributed by atoms with van der Waals surface area (Å²) in [5.41, 5.74) is 5.12. The van der Waals surface area contributed by atoms with Crippen LogP contribution in [0, 0.1) is 0 Å². The molecule has 0 bridgehead atoms. The fourth-order valence-corrected chi connectivity index (χ4v) is 3.29. The van der Waals surface area contributed by atoms with Crippen LogP contribution in [-0.2, 0) is 13.0 Å². The van der Waals surface area contributed by atoms with Crippen molar-refractivity contribution in [2.24, 2.45) is 0 Å². The number of allylic oxidation sites excluding steroid dienone is 1. The Morgan fingerprint density at radius 3 is 2.54 bits per heavy atom. The summed E-state index contributed by atoms with van der Waals surface area (Å²) in [7, 11) is 0. The van der Waals surface area contributed by atoms with E-state index in [9.17, 15) is 0 Å². The Labute approximate surface area is 144 Å². The molecule has 1 aromatic heterocycles. The van der Waals surface area contributed by atoms with Gasteiger partial charge in [0.25, 0.3) is 0 Å². The molecule has 2 nitrogen and oxygen atoms in total. The van der Waals surface area contributed by atoms with Crippen molar-refractivity contribution in [3.8, 4) is 0 Å². The number of fused-ring (bicyclic) bond motifs is 1. The number of aromatic amines is 1. The van der Waals surface area contributed by atoms with Gasteiger partial charge in [-0.1, -0.05) is 62.0 Å². The van der Waals surface area contributed by atoms with Crippen molar-refractivity contribution in [2.45, 2.75) is 39.3 Å². The molecule has 0 spiro atoms. The number of H-pyrrole nitrogens is 1. The molecule has 0 aliphatic heterocycles. The molecule has 0 fully saturated rings. The number of rotatable bonds is 7. The van der Waals surface area contributed by atoms with Gasteiger partial charge in [0.2, 0.25) is 0 Å². The Morgan fingerprint density at radius 1 is 1.08 bits per heavy atom. The first-order chi connectivity index (χ1) is 11.7. The summed E-state index contributed by atoms with van der Waals surface area (Å²) >= 11 is 0. The molecular formula is C22H26N2. The summed E-state index contributed by atoms with van der Waals surface area (Å²) in [5, 5.41) is 1.33. The molecule has 0 radical (unpaired) electrons. The highest BCUT2D eigenvalue weighted by Gasteiger charge is 2.17. The maximum atomic E-state index is 4.30. The predicted octanol–water partition coefficient (Wildman–Crippen LogP) is 5.52. The summed E-state index contributed by atoms with van der Waals surface area (Å²) in [6.45, 7) is 9.69. The molecule has 2 heteroatoms. The third-order valence-electron chi connectivity index (χ3n) is 4.73. The van der Waals surface area contributed by atoms with E-state index in [4.69, 9.17) is 0 Å². The van der Waals surface area contributed by atoms with Crippen LogP contribution < -0.4 is 0 Å². The lowest BCUT2D eigenvalue weighted by atomic mass is 10.0. The largest absolute Gasteiger partial charge is 0.368 e. The van der Waals surface area contributed by atoms with Crippen LogP contribution in [0.1, 0.15) is 31.4 Å². The minimum absolute atomic E-state index is 0.400. The van der Waals surface area contributed by atoms with Gasteiger partial charge in [-0.05, 0) is 37.0 Å². The first-order valence-corrected chi connectivity index (χ1v) is 8.72. The van der Waals surface area contributed by atoms with E-state index in [1.165, 1.54) is 27.7 Å². The van der Waals surface area contributed by atoms with Crippen LogP contribution in [0.3, 0.4) is 0 Å². The molecule has 1 atom stereocenters. The minimum atomic E-state index is 0.400. The van der Waals surface area contributed by atoms with Gasteiger partial charge in [-0.2, -0.15) is 0 Å². The van der Waals surface area contributed by atoms with Crippen molar-refractivity contribution in [2.75, 3.05) is 0 Å². The highest BCUT2D eigenvalue weighted by Crippen LogP contribution is 2.23. The molecule has 1 heterocycles. The fourth-order valence-electron chi connectivity index (χ4n) is 3.29. The number of hydrogen-bond acceptors (Lipinski definition) is 1. The Morgan fingerprint density at radius 2 is 1.79 bits per heavy atom. The van der Waals surface area contributed by atoms with Gasteiger partial charge in [0.1, 0.15) is 0 Å². The Kier molecular flexibility index (Phi) is 5.05. The van der Waals surface area contributed by atoms with E-state index in [2.05, 4.69) is 91.1 Å². The molecule has 124 valence electrons. The van der Waals surface area contributed by atoms with E-state index in [1.807, 2.05) is 0 Å². The fraction of sp³-hybridized carbons (Fsp3) is 0.273. The van der Waals surface area contributed by atoms with Gasteiger partial charge in [-0.25, -0.2) is 0 Å². The summed E-state index contributed by atoms with van der Waals surface area (Å²) < 4.78 is 0. The van der Waals surface area contributed by atoms with Crippen LogP contribution in [-0.4, -0.2) is 15.9 Å². The first kappa shape index (κ1) is 16.4. The molecule has 1 N–H and O–H groups in total. The number of aromatic nitrogens is 1. The summed E-state index contributed by atoms with van der Waals surface area (Å²) in [6, 6.07) is 19.6. The third kappa shape index (κ3) is 3.53. The molecule has 0 unspecified atom stereocenters. The Bertz CT molecular complexity index is 801. The molecule has 3 rings (SSSR count). The van der Waals surface area contributed by atoms with Crippen molar-refractivity contribution in [1.82, 2.24) is 9.88 Å². The van der Waals surface area contributed by atoms with E-state index in [1.54, 1.807) is 0 Å². The minimum Gasteiger partial charge on any atom is -0.368 e. The Balaban J connectivity index is 1.80. The van der Waals surface area contributed by atoms with Gasteiger partial charge in [0.05, 0.1) is 0 Å². The lowest BCUT2D eigenvalue weighted by Gasteiger charge is -2.33. The first-order valence-electron chi connectivity index (χ1n) is 8.72. The van der Waals surface area contributed by atoms with E-state index in [-0.39, 0.29) is 0 Å². The van der Waals surface area contributed by atoms with Crippen molar-refractivity contribution in [3.63, 3.8) is 0 Å². The second-order valence-electron chi connectivity index (χ2n) is 6.45. The smallest absolute Gasteiger partial charge is 0.0456 e. The zero-order valence-corrected chi connectivity index (χ0v) is 14.6. The van der Waals surface area contributed by atoms with Crippen LogP contribution in [0.4, 0.5) is 0 Å². The maximum Gasteiger partial charge on any atom is 0.0456 e. The van der Waals surface area contributed by atoms with Gasteiger partial charge in [-0.15, -0.1) is 0 Å². The molecule has 0 amide bonds. The number of hydrogen-bond donors (Lipinski definition) is 1. The predicted molar refractivity (Wildman–Crippen MR) is 103 cm³/mol. The highest BCUT2D eigenvalue weighted by molar-refractivity contribution is 5.83. The number of para-hydroxylation sites is 1. The van der Waals surface area contributed by atoms with Crippen molar-refractivity contribution >= 4 is 10.9 Å². The molecule has 0 saturated heterocycles. The van der Waals surface area contributed by atoms with E-state index in [0.717, 1.165) is 19.4 Å². The molecule has 0 aliphatic rings. The van der Waals surface area contributed by atoms with Crippen LogP contribution in [0.2, 0.25) is 0 Å². The molecule has 24 heavy (non-hydrogen) atoms. The number of nitrogens with one attached hydrogen (secondary N) is 1. The van der Waals surface area contributed by atoms with E-state index in [0.29, 0.717) is 6.04 Å². The molecule has 3 aromatic rings. The number of nitrogens with zero attached hydrogens (tertiary/aromatic N) is 1. The van der Waals surface area contributed by atoms with Crippen molar-refractivity contribution in [1.29, 1.82) is 0 Å². The zero-order chi connectivity index (χ0) is 16.9. The maximum absolute atomic E-state index is 4.30.